The van der Waals surface area contributed by atoms with Crippen LogP contribution >= 0.6 is 22.6 Å². The molecule has 1 N–H and O–H groups in total. The van der Waals surface area contributed by atoms with E-state index in [-0.39, 0.29) is 0 Å². The van der Waals surface area contributed by atoms with Crippen molar-refractivity contribution in [2.75, 3.05) is 0 Å². The highest BCUT2D eigenvalue weighted by Gasteiger charge is 1.92. The fourth-order valence-corrected chi connectivity index (χ4v) is 1.43. The first-order valence-electron chi connectivity index (χ1n) is 2.65. The van der Waals surface area contributed by atoms with Crippen molar-refractivity contribution in [2.45, 2.75) is 0 Å². The first-order chi connectivity index (χ1) is 4.20. The van der Waals surface area contributed by atoms with Gasteiger partial charge in [0.15, 0.2) is 0 Å². The molecule has 0 bridgehead atoms. The highest BCUT2D eigenvalue weighted by atomic mass is 127. The van der Waals surface area contributed by atoms with Gasteiger partial charge < -0.3 is 5.11 Å². The molecule has 0 atom stereocenters. The van der Waals surface area contributed by atoms with Crippen molar-refractivity contribution < 1.29 is 5.11 Å². The molecule has 0 amide bonds. The Bertz CT molecular complexity index is 224. The van der Waals surface area contributed by atoms with Crippen LogP contribution in [-0.2, 0) is 0 Å². The van der Waals surface area contributed by atoms with Gasteiger partial charge in [0, 0.05) is 13.8 Å². The maximum absolute atomic E-state index is 8.96. The average Bonchev–Trinajstić information content (AvgIpc) is 1.80. The zero-order chi connectivity index (χ0) is 6.85. The zero-order valence-corrected chi connectivity index (χ0v) is 9.21. The third-order valence-corrected chi connectivity index (χ3v) is 4.20. The van der Waals surface area contributed by atoms with E-state index in [0.717, 1.165) is 10.2 Å². The Balaban J connectivity index is 3.17. The SMILES string of the molecule is Oc1ccc(I)c([SiH3])c1. The van der Waals surface area contributed by atoms with Crippen molar-refractivity contribution in [1.82, 2.24) is 0 Å². The van der Waals surface area contributed by atoms with Gasteiger partial charge in [0.05, 0.1) is 0 Å². The minimum Gasteiger partial charge on any atom is -0.508 e. The summed E-state index contributed by atoms with van der Waals surface area (Å²) in [6, 6.07) is 5.45. The van der Waals surface area contributed by atoms with E-state index in [1.54, 1.807) is 6.07 Å². The van der Waals surface area contributed by atoms with Gasteiger partial charge in [-0.2, -0.15) is 0 Å². The van der Waals surface area contributed by atoms with Crippen molar-refractivity contribution in [3.63, 3.8) is 0 Å². The van der Waals surface area contributed by atoms with Crippen molar-refractivity contribution >= 4 is 38.0 Å². The van der Waals surface area contributed by atoms with E-state index in [1.165, 1.54) is 8.76 Å². The van der Waals surface area contributed by atoms with Gasteiger partial charge in [-0.3, -0.25) is 0 Å². The molecule has 0 spiro atoms. The second-order valence-electron chi connectivity index (χ2n) is 1.93. The van der Waals surface area contributed by atoms with Gasteiger partial charge in [-0.05, 0) is 40.8 Å². The Morgan fingerprint density at radius 1 is 1.44 bits per heavy atom. The Labute approximate surface area is 70.7 Å². The maximum atomic E-state index is 8.96. The van der Waals surface area contributed by atoms with Crippen LogP contribution in [0.2, 0.25) is 0 Å². The number of halogens is 1. The summed E-state index contributed by atoms with van der Waals surface area (Å²) in [4.78, 5) is 0. The third-order valence-electron chi connectivity index (χ3n) is 1.14. The first kappa shape index (κ1) is 7.08. The van der Waals surface area contributed by atoms with E-state index in [1.807, 2.05) is 12.1 Å². The molecule has 1 rings (SSSR count). The van der Waals surface area contributed by atoms with Crippen LogP contribution in [-0.4, -0.2) is 15.3 Å². The van der Waals surface area contributed by atoms with Crippen molar-refractivity contribution in [3.05, 3.63) is 21.8 Å². The number of phenols is 1. The minimum absolute atomic E-state index is 0.375. The lowest BCUT2D eigenvalue weighted by Crippen LogP contribution is -2.05. The summed E-state index contributed by atoms with van der Waals surface area (Å²) in [5.41, 5.74) is 0. The van der Waals surface area contributed by atoms with Gasteiger partial charge in [0.1, 0.15) is 5.75 Å². The molecule has 0 radical (unpaired) electrons. The van der Waals surface area contributed by atoms with Crippen molar-refractivity contribution in [3.8, 4) is 5.75 Å². The van der Waals surface area contributed by atoms with Crippen LogP contribution in [0.25, 0.3) is 0 Å². The smallest absolute Gasteiger partial charge is 0.115 e. The molecule has 0 aliphatic rings. The van der Waals surface area contributed by atoms with Crippen LogP contribution < -0.4 is 5.19 Å². The molecule has 0 aliphatic carbocycles. The van der Waals surface area contributed by atoms with Crippen LogP contribution in [0.5, 0.6) is 5.75 Å². The molecule has 0 unspecified atom stereocenters. The lowest BCUT2D eigenvalue weighted by molar-refractivity contribution is 0.476. The largest absolute Gasteiger partial charge is 0.508 e. The summed E-state index contributed by atoms with van der Waals surface area (Å²) < 4.78 is 1.25. The molecule has 3 heteroatoms. The lowest BCUT2D eigenvalue weighted by Gasteiger charge is -1.96. The minimum atomic E-state index is 0.375. The molecular formula is C6H7IOSi. The van der Waals surface area contributed by atoms with E-state index in [0.29, 0.717) is 5.75 Å². The second-order valence-corrected chi connectivity index (χ2v) is 4.17. The molecule has 0 heterocycles. The molecule has 48 valence electrons. The number of rotatable bonds is 0. The summed E-state index contributed by atoms with van der Waals surface area (Å²) in [5.74, 6) is 0.375. The van der Waals surface area contributed by atoms with Crippen LogP contribution in [0.3, 0.4) is 0 Å². The third kappa shape index (κ3) is 1.69. The highest BCUT2D eigenvalue weighted by Crippen LogP contribution is 2.07. The first-order valence-corrected chi connectivity index (χ1v) is 4.73. The standard InChI is InChI=1S/C6H7IOSi/c7-5-2-1-4(8)3-6(5)9/h1-3,8H,9H3. The van der Waals surface area contributed by atoms with E-state index in [9.17, 15) is 0 Å². The van der Waals surface area contributed by atoms with Gasteiger partial charge in [-0.15, -0.1) is 0 Å². The maximum Gasteiger partial charge on any atom is 0.115 e. The van der Waals surface area contributed by atoms with E-state index < -0.39 is 0 Å². The number of benzene rings is 1. The predicted molar refractivity (Wildman–Crippen MR) is 50.4 cm³/mol. The summed E-state index contributed by atoms with van der Waals surface area (Å²) in [6.07, 6.45) is 0. The van der Waals surface area contributed by atoms with Gasteiger partial charge in [-0.1, -0.05) is 5.19 Å². The topological polar surface area (TPSA) is 20.2 Å². The van der Waals surface area contributed by atoms with Gasteiger partial charge in [0.25, 0.3) is 0 Å². The van der Waals surface area contributed by atoms with Crippen molar-refractivity contribution in [2.24, 2.45) is 0 Å². The average molecular weight is 250 g/mol. The molecule has 1 aromatic rings. The van der Waals surface area contributed by atoms with Crippen LogP contribution in [0.1, 0.15) is 0 Å². The van der Waals surface area contributed by atoms with E-state index in [4.69, 9.17) is 5.11 Å². The predicted octanol–water partition coefficient (Wildman–Crippen LogP) is -0.0125. The summed E-state index contributed by atoms with van der Waals surface area (Å²) in [5, 5.41) is 10.2. The Morgan fingerprint density at radius 2 is 2.11 bits per heavy atom. The fraction of sp³-hybridized carbons (Fsp3) is 0. The highest BCUT2D eigenvalue weighted by molar-refractivity contribution is 14.1. The Hall–Kier alpha value is -0.0331. The summed E-state index contributed by atoms with van der Waals surface area (Å²) in [6.45, 7) is 0. The zero-order valence-electron chi connectivity index (χ0n) is 5.06. The molecule has 1 nitrogen and oxygen atoms in total. The molecule has 0 fully saturated rings. The molecule has 9 heavy (non-hydrogen) atoms. The summed E-state index contributed by atoms with van der Waals surface area (Å²) >= 11 is 2.26. The van der Waals surface area contributed by atoms with Gasteiger partial charge >= 0.3 is 0 Å². The fourth-order valence-electron chi connectivity index (χ4n) is 0.629. The van der Waals surface area contributed by atoms with Gasteiger partial charge in [-0.25, -0.2) is 0 Å². The molecular weight excluding hydrogens is 243 g/mol. The van der Waals surface area contributed by atoms with Gasteiger partial charge in [0.2, 0.25) is 0 Å². The quantitative estimate of drug-likeness (QED) is 0.507. The monoisotopic (exact) mass is 250 g/mol. The normalized spacial score (nSPS) is 9.89. The number of phenolic OH excluding ortho intramolecular Hbond substituents is 1. The Kier molecular flexibility index (Phi) is 2.12. The van der Waals surface area contributed by atoms with E-state index >= 15 is 0 Å². The van der Waals surface area contributed by atoms with Crippen molar-refractivity contribution in [1.29, 1.82) is 0 Å². The lowest BCUT2D eigenvalue weighted by atomic mass is 10.3. The molecule has 0 saturated carbocycles. The second kappa shape index (κ2) is 2.70. The summed E-state index contributed by atoms with van der Waals surface area (Å²) in [7, 11) is 1.01. The number of aromatic hydroxyl groups is 1. The van der Waals surface area contributed by atoms with Crippen LogP contribution in [0.4, 0.5) is 0 Å². The van der Waals surface area contributed by atoms with Crippen LogP contribution in [0.15, 0.2) is 18.2 Å². The molecule has 0 aromatic heterocycles. The number of hydrogen-bond acceptors (Lipinski definition) is 1. The molecule has 0 aliphatic heterocycles. The van der Waals surface area contributed by atoms with E-state index in [2.05, 4.69) is 22.6 Å². The van der Waals surface area contributed by atoms with Crippen LogP contribution in [0, 0.1) is 3.57 Å². The number of hydrogen-bond donors (Lipinski definition) is 1. The molecule has 0 saturated heterocycles. The molecule has 1 aromatic carbocycles. The Morgan fingerprint density at radius 3 is 2.56 bits per heavy atom.